The van der Waals surface area contributed by atoms with Crippen molar-refractivity contribution in [3.05, 3.63) is 45.2 Å². The molecule has 2 aromatic rings. The summed E-state index contributed by atoms with van der Waals surface area (Å²) in [5, 5.41) is 12.7. The Morgan fingerprint density at radius 1 is 1.53 bits per heavy atom. The van der Waals surface area contributed by atoms with Gasteiger partial charge in [-0.1, -0.05) is 35.1 Å². The van der Waals surface area contributed by atoms with Gasteiger partial charge in [-0.15, -0.1) is 0 Å². The fourth-order valence-electron chi connectivity index (χ4n) is 1.58. The molecule has 1 heterocycles. The van der Waals surface area contributed by atoms with Gasteiger partial charge in [0.05, 0.1) is 6.04 Å². The van der Waals surface area contributed by atoms with Crippen molar-refractivity contribution in [3.63, 3.8) is 0 Å². The van der Waals surface area contributed by atoms with Gasteiger partial charge in [0, 0.05) is 0 Å². The number of aryl methyl sites for hydroxylation is 1. The molecule has 0 fully saturated rings. The molecule has 0 aliphatic heterocycles. The van der Waals surface area contributed by atoms with Crippen molar-refractivity contribution in [2.75, 3.05) is 5.32 Å². The predicted molar refractivity (Wildman–Crippen MR) is 75.0 cm³/mol. The van der Waals surface area contributed by atoms with Crippen LogP contribution in [0.1, 0.15) is 29.0 Å². The second kappa shape index (κ2) is 5.55. The fourth-order valence-corrected chi connectivity index (χ4v) is 2.61. The monoisotopic (exact) mass is 295 g/mol. The Morgan fingerprint density at radius 2 is 2.26 bits per heavy atom. The number of nitriles is 1. The van der Waals surface area contributed by atoms with Gasteiger partial charge in [0.25, 0.3) is 0 Å². The summed E-state index contributed by atoms with van der Waals surface area (Å²) in [5.74, 6) is -0.235. The Hall–Kier alpha value is -1.64. The summed E-state index contributed by atoms with van der Waals surface area (Å²) in [6.07, 6.45) is 0. The van der Waals surface area contributed by atoms with Crippen LogP contribution in [0.15, 0.2) is 18.2 Å². The van der Waals surface area contributed by atoms with Gasteiger partial charge in [0.2, 0.25) is 0 Å². The lowest BCUT2D eigenvalue weighted by Gasteiger charge is -2.13. The van der Waals surface area contributed by atoms with Crippen LogP contribution in [0.3, 0.4) is 0 Å². The zero-order chi connectivity index (χ0) is 14.0. The average Bonchev–Trinajstić information content (AvgIpc) is 2.72. The number of benzene rings is 1. The first-order chi connectivity index (χ1) is 9.01. The minimum atomic E-state index is -0.235. The molecule has 6 heteroatoms. The van der Waals surface area contributed by atoms with E-state index in [2.05, 4.69) is 10.3 Å². The van der Waals surface area contributed by atoms with Gasteiger partial charge < -0.3 is 5.32 Å². The summed E-state index contributed by atoms with van der Waals surface area (Å²) in [7, 11) is 0. The van der Waals surface area contributed by atoms with Gasteiger partial charge >= 0.3 is 0 Å². The van der Waals surface area contributed by atoms with Crippen molar-refractivity contribution in [2.45, 2.75) is 19.9 Å². The number of thiazole rings is 1. The van der Waals surface area contributed by atoms with E-state index in [1.54, 1.807) is 13.0 Å². The van der Waals surface area contributed by atoms with Gasteiger partial charge in [-0.05, 0) is 31.0 Å². The highest BCUT2D eigenvalue weighted by Gasteiger charge is 2.12. The SMILES string of the molecule is Cc1ccc(C(C)Nc2nc(Cl)c(C#N)s2)cc1F. The molecule has 98 valence electrons. The molecule has 0 bridgehead atoms. The topological polar surface area (TPSA) is 48.7 Å². The maximum Gasteiger partial charge on any atom is 0.185 e. The van der Waals surface area contributed by atoms with E-state index in [9.17, 15) is 4.39 Å². The number of halogens is 2. The number of nitrogens with zero attached hydrogens (tertiary/aromatic N) is 2. The Labute approximate surface area is 119 Å². The molecule has 0 saturated heterocycles. The fraction of sp³-hybridized carbons (Fsp3) is 0.231. The smallest absolute Gasteiger partial charge is 0.185 e. The quantitative estimate of drug-likeness (QED) is 0.919. The molecule has 0 saturated carbocycles. The molecular weight excluding hydrogens is 285 g/mol. The first-order valence-corrected chi connectivity index (χ1v) is 6.79. The Bertz CT molecular complexity index is 648. The van der Waals surface area contributed by atoms with Gasteiger partial charge in [-0.3, -0.25) is 0 Å². The third kappa shape index (κ3) is 3.03. The van der Waals surface area contributed by atoms with Crippen molar-refractivity contribution in [1.29, 1.82) is 5.26 Å². The van der Waals surface area contributed by atoms with E-state index < -0.39 is 0 Å². The lowest BCUT2D eigenvalue weighted by Crippen LogP contribution is -2.06. The molecule has 1 unspecified atom stereocenters. The first-order valence-electron chi connectivity index (χ1n) is 5.60. The maximum atomic E-state index is 13.5. The molecule has 0 aliphatic rings. The lowest BCUT2D eigenvalue weighted by atomic mass is 10.1. The Kier molecular flexibility index (Phi) is 4.03. The number of rotatable bonds is 3. The first kappa shape index (κ1) is 13.8. The van der Waals surface area contributed by atoms with Crippen LogP contribution in [0.5, 0.6) is 0 Å². The van der Waals surface area contributed by atoms with Gasteiger partial charge in [0.15, 0.2) is 10.3 Å². The van der Waals surface area contributed by atoms with E-state index in [4.69, 9.17) is 16.9 Å². The van der Waals surface area contributed by atoms with Crippen LogP contribution in [0.4, 0.5) is 9.52 Å². The van der Waals surface area contributed by atoms with Gasteiger partial charge in [-0.25, -0.2) is 9.37 Å². The minimum absolute atomic E-state index is 0.121. The average molecular weight is 296 g/mol. The normalized spacial score (nSPS) is 11.9. The number of hydrogen-bond donors (Lipinski definition) is 1. The molecule has 0 amide bonds. The van der Waals surface area contributed by atoms with E-state index in [0.29, 0.717) is 15.6 Å². The van der Waals surface area contributed by atoms with Crippen molar-refractivity contribution >= 4 is 28.1 Å². The maximum absolute atomic E-state index is 13.5. The van der Waals surface area contributed by atoms with Crippen molar-refractivity contribution in [1.82, 2.24) is 4.98 Å². The molecular formula is C13H11ClFN3S. The predicted octanol–water partition coefficient (Wildman–Crippen LogP) is 4.29. The van der Waals surface area contributed by atoms with E-state index in [1.807, 2.05) is 19.1 Å². The Balaban J connectivity index is 2.18. The van der Waals surface area contributed by atoms with Crippen LogP contribution in [-0.4, -0.2) is 4.98 Å². The molecule has 1 aromatic heterocycles. The zero-order valence-corrected chi connectivity index (χ0v) is 11.9. The standard InChI is InChI=1S/C13H11ClFN3S/c1-7-3-4-9(5-10(7)15)8(2)17-13-18-12(14)11(6-16)19-13/h3-5,8H,1-2H3,(H,17,18). The second-order valence-corrected chi connectivity index (χ2v) is 5.48. The van der Waals surface area contributed by atoms with E-state index in [1.165, 1.54) is 17.4 Å². The summed E-state index contributed by atoms with van der Waals surface area (Å²) in [6, 6.07) is 6.93. The lowest BCUT2D eigenvalue weighted by molar-refractivity contribution is 0.614. The summed E-state index contributed by atoms with van der Waals surface area (Å²) in [5.41, 5.74) is 1.42. The summed E-state index contributed by atoms with van der Waals surface area (Å²) >= 11 is 6.98. The van der Waals surface area contributed by atoms with Crippen LogP contribution < -0.4 is 5.32 Å². The molecule has 0 radical (unpaired) electrons. The van der Waals surface area contributed by atoms with Crippen LogP contribution in [0.25, 0.3) is 0 Å². The van der Waals surface area contributed by atoms with E-state index in [-0.39, 0.29) is 17.0 Å². The second-order valence-electron chi connectivity index (χ2n) is 4.13. The molecule has 3 nitrogen and oxygen atoms in total. The third-order valence-corrected chi connectivity index (χ3v) is 4.00. The number of nitrogens with one attached hydrogen (secondary N) is 1. The largest absolute Gasteiger partial charge is 0.355 e. The van der Waals surface area contributed by atoms with Crippen molar-refractivity contribution in [2.24, 2.45) is 0 Å². The van der Waals surface area contributed by atoms with Crippen LogP contribution >= 0.6 is 22.9 Å². The molecule has 19 heavy (non-hydrogen) atoms. The molecule has 2 rings (SSSR count). The molecule has 0 aliphatic carbocycles. The third-order valence-electron chi connectivity index (χ3n) is 2.72. The molecule has 0 spiro atoms. The summed E-state index contributed by atoms with van der Waals surface area (Å²) < 4.78 is 13.5. The summed E-state index contributed by atoms with van der Waals surface area (Å²) in [4.78, 5) is 4.41. The highest BCUT2D eigenvalue weighted by molar-refractivity contribution is 7.16. The van der Waals surface area contributed by atoms with Crippen molar-refractivity contribution in [3.8, 4) is 6.07 Å². The zero-order valence-electron chi connectivity index (χ0n) is 10.4. The molecule has 1 N–H and O–H groups in total. The minimum Gasteiger partial charge on any atom is -0.355 e. The van der Waals surface area contributed by atoms with E-state index >= 15 is 0 Å². The highest BCUT2D eigenvalue weighted by Crippen LogP contribution is 2.29. The molecule has 1 atom stereocenters. The number of anilines is 1. The van der Waals surface area contributed by atoms with Crippen LogP contribution in [-0.2, 0) is 0 Å². The van der Waals surface area contributed by atoms with Gasteiger partial charge in [-0.2, -0.15) is 5.26 Å². The number of hydrogen-bond acceptors (Lipinski definition) is 4. The van der Waals surface area contributed by atoms with Crippen molar-refractivity contribution < 1.29 is 4.39 Å². The van der Waals surface area contributed by atoms with Crippen LogP contribution in [0.2, 0.25) is 5.15 Å². The van der Waals surface area contributed by atoms with E-state index in [0.717, 1.165) is 5.56 Å². The Morgan fingerprint density at radius 3 is 2.84 bits per heavy atom. The van der Waals surface area contributed by atoms with Crippen LogP contribution in [0, 0.1) is 24.1 Å². The number of aromatic nitrogens is 1. The highest BCUT2D eigenvalue weighted by atomic mass is 35.5. The molecule has 1 aromatic carbocycles. The van der Waals surface area contributed by atoms with Gasteiger partial charge in [0.1, 0.15) is 16.8 Å². The summed E-state index contributed by atoms with van der Waals surface area (Å²) in [6.45, 7) is 3.61.